The van der Waals surface area contributed by atoms with Crippen molar-refractivity contribution < 1.29 is 0 Å². The molecular formula is C11H12N4. The van der Waals surface area contributed by atoms with Gasteiger partial charge in [0.25, 0.3) is 0 Å². The van der Waals surface area contributed by atoms with Crippen molar-refractivity contribution in [1.29, 1.82) is 5.26 Å². The summed E-state index contributed by atoms with van der Waals surface area (Å²) in [5.74, 6) is 0. The van der Waals surface area contributed by atoms with Crippen molar-refractivity contribution in [3.63, 3.8) is 0 Å². The van der Waals surface area contributed by atoms with Gasteiger partial charge in [-0.2, -0.15) is 5.26 Å². The van der Waals surface area contributed by atoms with E-state index in [1.807, 2.05) is 22.9 Å². The van der Waals surface area contributed by atoms with Crippen LogP contribution >= 0.6 is 0 Å². The molecule has 0 aliphatic heterocycles. The minimum absolute atomic E-state index is 0.331. The van der Waals surface area contributed by atoms with Gasteiger partial charge in [0, 0.05) is 17.8 Å². The molecule has 0 saturated heterocycles. The van der Waals surface area contributed by atoms with Crippen molar-refractivity contribution in [3.05, 3.63) is 30.1 Å². The molecule has 2 rings (SSSR count). The molecule has 4 nitrogen and oxygen atoms in total. The first-order chi connectivity index (χ1) is 7.36. The molecule has 76 valence electrons. The fourth-order valence-corrected chi connectivity index (χ4v) is 1.75. The zero-order valence-corrected chi connectivity index (χ0v) is 8.35. The molecule has 0 amide bonds. The van der Waals surface area contributed by atoms with Gasteiger partial charge < -0.3 is 10.3 Å². The number of hydrogen-bond acceptors (Lipinski definition) is 3. The van der Waals surface area contributed by atoms with E-state index >= 15 is 0 Å². The van der Waals surface area contributed by atoms with Crippen molar-refractivity contribution in [2.24, 2.45) is 5.73 Å². The lowest BCUT2D eigenvalue weighted by atomic mass is 10.2. The molecule has 0 aromatic carbocycles. The summed E-state index contributed by atoms with van der Waals surface area (Å²) in [6.07, 6.45) is 4.52. The molecule has 2 aromatic rings. The number of nitriles is 1. The molecule has 0 bridgehead atoms. The van der Waals surface area contributed by atoms with Gasteiger partial charge in [0.15, 0.2) is 0 Å². The fourth-order valence-electron chi connectivity index (χ4n) is 1.75. The highest BCUT2D eigenvalue weighted by Crippen LogP contribution is 2.19. The average Bonchev–Trinajstić information content (AvgIpc) is 2.59. The lowest BCUT2D eigenvalue weighted by molar-refractivity contribution is 0.849. The Hall–Kier alpha value is -1.86. The van der Waals surface area contributed by atoms with Gasteiger partial charge in [-0.1, -0.05) is 0 Å². The summed E-state index contributed by atoms with van der Waals surface area (Å²) >= 11 is 0. The van der Waals surface area contributed by atoms with E-state index in [2.05, 4.69) is 11.1 Å². The van der Waals surface area contributed by atoms with Crippen LogP contribution in [0.4, 0.5) is 0 Å². The standard InChI is InChI=1S/C11H12N4/c12-4-3-9-8-15(7-5-13)11-10(9)2-1-6-14-11/h1-2,6,8H,3-4,7,12H2. The van der Waals surface area contributed by atoms with E-state index in [0.717, 1.165) is 23.0 Å². The number of aromatic nitrogens is 2. The first-order valence-electron chi connectivity index (χ1n) is 4.86. The molecule has 0 aliphatic rings. The Bertz CT molecular complexity index is 507. The molecule has 0 aliphatic carbocycles. The molecule has 2 aromatic heterocycles. The Labute approximate surface area is 87.9 Å². The monoisotopic (exact) mass is 200 g/mol. The average molecular weight is 200 g/mol. The molecule has 4 heteroatoms. The highest BCUT2D eigenvalue weighted by molar-refractivity contribution is 5.80. The highest BCUT2D eigenvalue weighted by Gasteiger charge is 2.07. The van der Waals surface area contributed by atoms with Gasteiger partial charge in [0.05, 0.1) is 6.07 Å². The lowest BCUT2D eigenvalue weighted by Gasteiger charge is -1.95. The molecule has 15 heavy (non-hydrogen) atoms. The third kappa shape index (κ3) is 1.69. The van der Waals surface area contributed by atoms with Crippen molar-refractivity contribution in [2.75, 3.05) is 6.54 Å². The lowest BCUT2D eigenvalue weighted by Crippen LogP contribution is -2.02. The fraction of sp³-hybridized carbons (Fsp3) is 0.273. The van der Waals surface area contributed by atoms with Crippen LogP contribution in [0, 0.1) is 11.3 Å². The van der Waals surface area contributed by atoms with Gasteiger partial charge >= 0.3 is 0 Å². The van der Waals surface area contributed by atoms with E-state index < -0.39 is 0 Å². The van der Waals surface area contributed by atoms with E-state index in [-0.39, 0.29) is 0 Å². The second kappa shape index (κ2) is 4.11. The van der Waals surface area contributed by atoms with Crippen molar-refractivity contribution in [1.82, 2.24) is 9.55 Å². The quantitative estimate of drug-likeness (QED) is 0.805. The van der Waals surface area contributed by atoms with Crippen LogP contribution in [0.15, 0.2) is 24.5 Å². The van der Waals surface area contributed by atoms with Gasteiger partial charge in [-0.15, -0.1) is 0 Å². The maximum absolute atomic E-state index is 8.70. The molecule has 0 fully saturated rings. The third-order valence-electron chi connectivity index (χ3n) is 2.37. The largest absolute Gasteiger partial charge is 0.330 e. The van der Waals surface area contributed by atoms with E-state index in [4.69, 9.17) is 11.0 Å². The number of hydrogen-bond donors (Lipinski definition) is 1. The third-order valence-corrected chi connectivity index (χ3v) is 2.37. The summed E-state index contributed by atoms with van der Waals surface area (Å²) in [7, 11) is 0. The van der Waals surface area contributed by atoms with Crippen molar-refractivity contribution >= 4 is 11.0 Å². The Morgan fingerprint density at radius 1 is 1.53 bits per heavy atom. The normalized spacial score (nSPS) is 10.4. The van der Waals surface area contributed by atoms with Crippen LogP contribution in [-0.2, 0) is 13.0 Å². The minimum Gasteiger partial charge on any atom is -0.330 e. The summed E-state index contributed by atoms with van der Waals surface area (Å²) in [6.45, 7) is 0.943. The first kappa shape index (κ1) is 9.69. The second-order valence-corrected chi connectivity index (χ2v) is 3.35. The van der Waals surface area contributed by atoms with Gasteiger partial charge in [0.2, 0.25) is 0 Å². The Morgan fingerprint density at radius 3 is 3.13 bits per heavy atom. The van der Waals surface area contributed by atoms with Crippen LogP contribution in [0.25, 0.3) is 11.0 Å². The van der Waals surface area contributed by atoms with Crippen molar-refractivity contribution in [2.45, 2.75) is 13.0 Å². The Morgan fingerprint density at radius 2 is 2.40 bits per heavy atom. The maximum Gasteiger partial charge on any atom is 0.141 e. The number of nitrogens with two attached hydrogens (primary N) is 1. The summed E-state index contributed by atoms with van der Waals surface area (Å²) in [5, 5.41) is 9.79. The molecule has 0 atom stereocenters. The molecule has 2 heterocycles. The highest BCUT2D eigenvalue weighted by atomic mass is 15.0. The molecular weight excluding hydrogens is 188 g/mol. The van der Waals surface area contributed by atoms with Crippen LogP contribution in [0.3, 0.4) is 0 Å². The summed E-state index contributed by atoms with van der Waals surface area (Å²) < 4.78 is 1.86. The SMILES string of the molecule is N#CCn1cc(CCN)c2cccnc21. The topological polar surface area (TPSA) is 67.6 Å². The van der Waals surface area contributed by atoms with Gasteiger partial charge in [-0.3, -0.25) is 0 Å². The van der Waals surface area contributed by atoms with E-state index in [1.54, 1.807) is 6.20 Å². The number of fused-ring (bicyclic) bond motifs is 1. The van der Waals surface area contributed by atoms with Crippen LogP contribution in [0.2, 0.25) is 0 Å². The number of rotatable bonds is 3. The Kier molecular flexibility index (Phi) is 2.66. The number of nitrogens with zero attached hydrogens (tertiary/aromatic N) is 3. The van der Waals surface area contributed by atoms with E-state index in [0.29, 0.717) is 13.1 Å². The predicted molar refractivity (Wildman–Crippen MR) is 58.1 cm³/mol. The van der Waals surface area contributed by atoms with Gasteiger partial charge in [-0.05, 0) is 30.7 Å². The smallest absolute Gasteiger partial charge is 0.141 e. The second-order valence-electron chi connectivity index (χ2n) is 3.35. The molecule has 0 radical (unpaired) electrons. The van der Waals surface area contributed by atoms with Crippen LogP contribution in [0.1, 0.15) is 5.56 Å². The maximum atomic E-state index is 8.70. The molecule has 0 saturated carbocycles. The predicted octanol–water partition coefficient (Wildman–Crippen LogP) is 1.06. The van der Waals surface area contributed by atoms with E-state index in [9.17, 15) is 0 Å². The first-order valence-corrected chi connectivity index (χ1v) is 4.86. The van der Waals surface area contributed by atoms with Crippen molar-refractivity contribution in [3.8, 4) is 6.07 Å². The molecule has 2 N–H and O–H groups in total. The summed E-state index contributed by atoms with van der Waals surface area (Å²) in [5.41, 5.74) is 7.57. The van der Waals surface area contributed by atoms with E-state index in [1.165, 1.54) is 0 Å². The van der Waals surface area contributed by atoms with Crippen LogP contribution < -0.4 is 5.73 Å². The summed E-state index contributed by atoms with van der Waals surface area (Å²) in [4.78, 5) is 4.27. The minimum atomic E-state index is 0.331. The zero-order valence-electron chi connectivity index (χ0n) is 8.35. The number of pyridine rings is 1. The zero-order chi connectivity index (χ0) is 10.7. The van der Waals surface area contributed by atoms with Crippen LogP contribution in [0.5, 0.6) is 0 Å². The van der Waals surface area contributed by atoms with Crippen LogP contribution in [-0.4, -0.2) is 16.1 Å². The van der Waals surface area contributed by atoms with Gasteiger partial charge in [-0.25, -0.2) is 4.98 Å². The summed E-state index contributed by atoms with van der Waals surface area (Å²) in [6, 6.07) is 6.04. The molecule has 0 unspecified atom stereocenters. The Balaban J connectivity index is 2.58. The molecule has 0 spiro atoms. The van der Waals surface area contributed by atoms with Gasteiger partial charge in [0.1, 0.15) is 12.2 Å².